The van der Waals surface area contributed by atoms with E-state index in [1.807, 2.05) is 0 Å². The molecule has 0 bridgehead atoms. The quantitative estimate of drug-likeness (QED) is 0.817. The fourth-order valence-corrected chi connectivity index (χ4v) is 1.65. The van der Waals surface area contributed by atoms with Crippen LogP contribution in [-0.2, 0) is 9.53 Å². The maximum absolute atomic E-state index is 13.0. The van der Waals surface area contributed by atoms with Crippen LogP contribution in [0.5, 0.6) is 0 Å². The molecule has 0 aliphatic rings. The lowest BCUT2D eigenvalue weighted by Crippen LogP contribution is -2.34. The monoisotopic (exact) mass is 309 g/mol. The zero-order valence-corrected chi connectivity index (χ0v) is 12.8. The third kappa shape index (κ3) is 6.88. The fourth-order valence-electron chi connectivity index (χ4n) is 1.65. The van der Waals surface area contributed by atoms with Crippen molar-refractivity contribution in [2.45, 2.75) is 38.8 Å². The second-order valence-electron chi connectivity index (χ2n) is 5.70. The molecule has 0 aliphatic carbocycles. The summed E-state index contributed by atoms with van der Waals surface area (Å²) < 4.78 is 18.2. The topological polar surface area (TPSA) is 75.6 Å². The SMILES string of the molecule is CC(C)(C)OC(=O)NC(/C=C/CC(=O)O)c1ccc(F)cc1. The molecule has 1 atom stereocenters. The lowest BCUT2D eigenvalue weighted by Gasteiger charge is -2.22. The number of carboxylic acid groups (broad SMARTS) is 1. The first kappa shape index (κ1) is 17.7. The molecule has 0 saturated carbocycles. The predicted octanol–water partition coefficient (Wildman–Crippen LogP) is 3.42. The van der Waals surface area contributed by atoms with Gasteiger partial charge in [0.05, 0.1) is 12.5 Å². The van der Waals surface area contributed by atoms with Crippen molar-refractivity contribution < 1.29 is 23.8 Å². The molecule has 0 radical (unpaired) electrons. The van der Waals surface area contributed by atoms with Gasteiger partial charge in [0.2, 0.25) is 0 Å². The van der Waals surface area contributed by atoms with Gasteiger partial charge in [0.15, 0.2) is 0 Å². The van der Waals surface area contributed by atoms with Crippen LogP contribution >= 0.6 is 0 Å². The van der Waals surface area contributed by atoms with E-state index in [9.17, 15) is 14.0 Å². The van der Waals surface area contributed by atoms with Crippen molar-refractivity contribution in [2.24, 2.45) is 0 Å². The normalized spacial score (nSPS) is 12.9. The highest BCUT2D eigenvalue weighted by Crippen LogP contribution is 2.17. The Bertz CT molecular complexity index is 546. The summed E-state index contributed by atoms with van der Waals surface area (Å²) >= 11 is 0. The van der Waals surface area contributed by atoms with Crippen molar-refractivity contribution >= 4 is 12.1 Å². The Labute approximate surface area is 128 Å². The minimum absolute atomic E-state index is 0.173. The highest BCUT2D eigenvalue weighted by molar-refractivity contribution is 5.69. The largest absolute Gasteiger partial charge is 0.481 e. The van der Waals surface area contributed by atoms with Gasteiger partial charge in [0, 0.05) is 0 Å². The van der Waals surface area contributed by atoms with Gasteiger partial charge in [-0.3, -0.25) is 4.79 Å². The number of ether oxygens (including phenoxy) is 1. The standard InChI is InChI=1S/C16H20FNO4/c1-16(2,3)22-15(21)18-13(5-4-6-14(19)20)11-7-9-12(17)10-8-11/h4-5,7-10,13H,6H2,1-3H3,(H,18,21)(H,19,20)/b5-4+. The van der Waals surface area contributed by atoms with E-state index in [0.29, 0.717) is 5.56 Å². The van der Waals surface area contributed by atoms with E-state index in [1.165, 1.54) is 36.4 Å². The maximum atomic E-state index is 13.0. The molecule has 1 amide bonds. The van der Waals surface area contributed by atoms with Crippen LogP contribution in [0.2, 0.25) is 0 Å². The van der Waals surface area contributed by atoms with E-state index >= 15 is 0 Å². The number of carbonyl (C=O) groups is 2. The second kappa shape index (κ2) is 7.59. The second-order valence-corrected chi connectivity index (χ2v) is 5.70. The molecule has 2 N–H and O–H groups in total. The van der Waals surface area contributed by atoms with E-state index in [4.69, 9.17) is 9.84 Å². The first-order valence-corrected chi connectivity index (χ1v) is 6.81. The summed E-state index contributed by atoms with van der Waals surface area (Å²) in [6.45, 7) is 5.21. The summed E-state index contributed by atoms with van der Waals surface area (Å²) in [5.41, 5.74) is -0.0312. The summed E-state index contributed by atoms with van der Waals surface area (Å²) in [5.74, 6) is -1.37. The van der Waals surface area contributed by atoms with Gasteiger partial charge in [0.1, 0.15) is 11.4 Å². The molecule has 1 rings (SSSR count). The highest BCUT2D eigenvalue weighted by atomic mass is 19.1. The van der Waals surface area contributed by atoms with Crippen molar-refractivity contribution in [1.29, 1.82) is 0 Å². The summed E-state index contributed by atoms with van der Waals surface area (Å²) in [6.07, 6.45) is 2.15. The van der Waals surface area contributed by atoms with E-state index in [0.717, 1.165) is 0 Å². The number of halogens is 1. The number of rotatable bonds is 5. The first-order chi connectivity index (χ1) is 10.2. The Morgan fingerprint density at radius 1 is 1.32 bits per heavy atom. The summed E-state index contributed by atoms with van der Waals surface area (Å²) in [4.78, 5) is 22.4. The van der Waals surface area contributed by atoms with Crippen molar-refractivity contribution in [2.75, 3.05) is 0 Å². The molecule has 0 heterocycles. The molecule has 1 aromatic rings. The Hall–Kier alpha value is -2.37. The number of alkyl carbamates (subject to hydrolysis) is 1. The first-order valence-electron chi connectivity index (χ1n) is 6.81. The lowest BCUT2D eigenvalue weighted by molar-refractivity contribution is -0.136. The smallest absolute Gasteiger partial charge is 0.408 e. The number of nitrogens with one attached hydrogen (secondary N) is 1. The molecule has 120 valence electrons. The highest BCUT2D eigenvalue weighted by Gasteiger charge is 2.19. The molecule has 0 fully saturated rings. The van der Waals surface area contributed by atoms with E-state index in [2.05, 4.69) is 5.32 Å². The Balaban J connectivity index is 2.86. The van der Waals surface area contributed by atoms with E-state index < -0.39 is 29.5 Å². The van der Waals surface area contributed by atoms with Crippen LogP contribution < -0.4 is 5.32 Å². The number of carboxylic acids is 1. The van der Waals surface area contributed by atoms with Crippen molar-refractivity contribution in [3.63, 3.8) is 0 Å². The lowest BCUT2D eigenvalue weighted by atomic mass is 10.1. The number of aliphatic carboxylic acids is 1. The molecule has 1 unspecified atom stereocenters. The molecule has 22 heavy (non-hydrogen) atoms. The third-order valence-corrected chi connectivity index (χ3v) is 2.52. The van der Waals surface area contributed by atoms with Crippen LogP contribution in [0.4, 0.5) is 9.18 Å². The Morgan fingerprint density at radius 3 is 2.41 bits per heavy atom. The molecule has 0 aliphatic heterocycles. The van der Waals surface area contributed by atoms with Gasteiger partial charge in [-0.25, -0.2) is 9.18 Å². The van der Waals surface area contributed by atoms with Crippen LogP contribution in [0.1, 0.15) is 38.8 Å². The van der Waals surface area contributed by atoms with Crippen LogP contribution in [0.3, 0.4) is 0 Å². The van der Waals surface area contributed by atoms with E-state index in [1.54, 1.807) is 20.8 Å². The number of hydrogen-bond donors (Lipinski definition) is 2. The zero-order chi connectivity index (χ0) is 16.8. The molecule has 0 saturated heterocycles. The minimum atomic E-state index is -0.980. The van der Waals surface area contributed by atoms with Crippen LogP contribution in [0, 0.1) is 5.82 Å². The number of amides is 1. The van der Waals surface area contributed by atoms with Gasteiger partial charge >= 0.3 is 12.1 Å². The molecule has 0 aromatic heterocycles. The van der Waals surface area contributed by atoms with Crippen LogP contribution in [-0.4, -0.2) is 22.8 Å². The predicted molar refractivity (Wildman–Crippen MR) is 79.9 cm³/mol. The van der Waals surface area contributed by atoms with Gasteiger partial charge in [-0.1, -0.05) is 24.3 Å². The zero-order valence-electron chi connectivity index (χ0n) is 12.8. The number of benzene rings is 1. The molecule has 1 aromatic carbocycles. The summed E-state index contributed by atoms with van der Waals surface area (Å²) in [6, 6.07) is 4.97. The minimum Gasteiger partial charge on any atom is -0.481 e. The van der Waals surface area contributed by atoms with Crippen LogP contribution in [0.25, 0.3) is 0 Å². The summed E-state index contributed by atoms with van der Waals surface area (Å²) in [5, 5.41) is 11.3. The third-order valence-electron chi connectivity index (χ3n) is 2.52. The van der Waals surface area contributed by atoms with Gasteiger partial charge < -0.3 is 15.2 Å². The fraction of sp³-hybridized carbons (Fsp3) is 0.375. The van der Waals surface area contributed by atoms with E-state index in [-0.39, 0.29) is 6.42 Å². The van der Waals surface area contributed by atoms with Gasteiger partial charge in [-0.2, -0.15) is 0 Å². The average molecular weight is 309 g/mol. The van der Waals surface area contributed by atoms with Crippen LogP contribution in [0.15, 0.2) is 36.4 Å². The van der Waals surface area contributed by atoms with Crippen molar-refractivity contribution in [3.05, 3.63) is 47.8 Å². The number of hydrogen-bond acceptors (Lipinski definition) is 3. The molecular formula is C16H20FNO4. The van der Waals surface area contributed by atoms with Gasteiger partial charge in [-0.15, -0.1) is 0 Å². The molecular weight excluding hydrogens is 289 g/mol. The van der Waals surface area contributed by atoms with Gasteiger partial charge in [-0.05, 0) is 38.5 Å². The van der Waals surface area contributed by atoms with Gasteiger partial charge in [0.25, 0.3) is 0 Å². The molecule has 6 heteroatoms. The van der Waals surface area contributed by atoms with Crippen molar-refractivity contribution in [3.8, 4) is 0 Å². The molecule has 0 spiro atoms. The molecule has 5 nitrogen and oxygen atoms in total. The summed E-state index contributed by atoms with van der Waals surface area (Å²) in [7, 11) is 0. The maximum Gasteiger partial charge on any atom is 0.408 e. The average Bonchev–Trinajstić information content (AvgIpc) is 2.36. The Morgan fingerprint density at radius 2 is 1.91 bits per heavy atom. The van der Waals surface area contributed by atoms with Crippen molar-refractivity contribution in [1.82, 2.24) is 5.32 Å². The number of carbonyl (C=O) groups excluding carboxylic acids is 1. The Kier molecular flexibility index (Phi) is 6.10.